The maximum absolute atomic E-state index is 12.9. The molecule has 0 unspecified atom stereocenters. The van der Waals surface area contributed by atoms with Crippen LogP contribution in [0.1, 0.15) is 12.0 Å². The van der Waals surface area contributed by atoms with Crippen molar-refractivity contribution in [1.82, 2.24) is 0 Å². The lowest BCUT2D eigenvalue weighted by atomic mass is 9.95. The summed E-state index contributed by atoms with van der Waals surface area (Å²) >= 11 is 5.65. The molecular weight excluding hydrogens is 217 g/mol. The summed E-state index contributed by atoms with van der Waals surface area (Å²) in [7, 11) is 0. The van der Waals surface area contributed by atoms with Gasteiger partial charge in [0.15, 0.2) is 0 Å². The Morgan fingerprint density at radius 1 is 1.67 bits per heavy atom. The van der Waals surface area contributed by atoms with Gasteiger partial charge >= 0.3 is 0 Å². The minimum atomic E-state index is -0.661. The molecule has 1 aromatic carbocycles. The normalized spacial score (nSPS) is 28.5. The Morgan fingerprint density at radius 3 is 2.87 bits per heavy atom. The van der Waals surface area contributed by atoms with Crippen molar-refractivity contribution in [1.29, 1.82) is 5.26 Å². The van der Waals surface area contributed by atoms with Crippen LogP contribution in [0.5, 0.6) is 0 Å². The van der Waals surface area contributed by atoms with Gasteiger partial charge in [-0.1, -0.05) is 17.7 Å². The third-order valence-corrected chi connectivity index (χ3v) is 3.25. The summed E-state index contributed by atoms with van der Waals surface area (Å²) < 4.78 is 12.9. The second kappa shape index (κ2) is 3.48. The first-order chi connectivity index (χ1) is 7.14. The highest BCUT2D eigenvalue weighted by atomic mass is 35.5. The first kappa shape index (κ1) is 10.4. The summed E-state index contributed by atoms with van der Waals surface area (Å²) in [6.45, 7) is -0.0252. The Kier molecular flexibility index (Phi) is 2.41. The first-order valence-electron chi connectivity index (χ1n) is 4.61. The molecule has 15 heavy (non-hydrogen) atoms. The summed E-state index contributed by atoms with van der Waals surface area (Å²) in [5.41, 5.74) is 0.0296. The molecule has 1 aromatic rings. The quantitative estimate of drug-likeness (QED) is 0.839. The molecular formula is C11H9ClFNO. The summed E-state index contributed by atoms with van der Waals surface area (Å²) in [5.74, 6) is -0.543. The number of aliphatic hydroxyl groups excluding tert-OH is 1. The number of hydrogen-bond acceptors (Lipinski definition) is 2. The van der Waals surface area contributed by atoms with Gasteiger partial charge in [0, 0.05) is 12.5 Å². The topological polar surface area (TPSA) is 44.0 Å². The van der Waals surface area contributed by atoms with Crippen LogP contribution in [0.4, 0.5) is 4.39 Å². The second-order valence-electron chi connectivity index (χ2n) is 3.80. The third-order valence-electron chi connectivity index (χ3n) is 2.96. The zero-order valence-corrected chi connectivity index (χ0v) is 8.63. The molecule has 2 rings (SSSR count). The highest BCUT2D eigenvalue weighted by Crippen LogP contribution is 2.53. The van der Waals surface area contributed by atoms with Crippen LogP contribution in [-0.2, 0) is 5.41 Å². The zero-order valence-electron chi connectivity index (χ0n) is 7.87. The Bertz CT molecular complexity index is 443. The van der Waals surface area contributed by atoms with Gasteiger partial charge in [0.05, 0.1) is 16.5 Å². The van der Waals surface area contributed by atoms with E-state index in [2.05, 4.69) is 6.07 Å². The van der Waals surface area contributed by atoms with Gasteiger partial charge in [-0.2, -0.15) is 5.26 Å². The van der Waals surface area contributed by atoms with Crippen molar-refractivity contribution in [3.8, 4) is 6.07 Å². The molecule has 0 bridgehead atoms. The average Bonchev–Trinajstić information content (AvgIpc) is 2.97. The van der Waals surface area contributed by atoms with Crippen LogP contribution in [0, 0.1) is 23.1 Å². The number of aliphatic hydroxyl groups is 1. The van der Waals surface area contributed by atoms with Crippen molar-refractivity contribution in [2.45, 2.75) is 11.8 Å². The van der Waals surface area contributed by atoms with Crippen LogP contribution in [0.2, 0.25) is 5.02 Å². The van der Waals surface area contributed by atoms with E-state index in [1.807, 2.05) is 0 Å². The van der Waals surface area contributed by atoms with Crippen LogP contribution in [-0.4, -0.2) is 11.7 Å². The Labute approximate surface area is 91.9 Å². The van der Waals surface area contributed by atoms with Gasteiger partial charge in [0.25, 0.3) is 0 Å². The van der Waals surface area contributed by atoms with Crippen molar-refractivity contribution < 1.29 is 9.50 Å². The van der Waals surface area contributed by atoms with Crippen LogP contribution < -0.4 is 0 Å². The van der Waals surface area contributed by atoms with E-state index in [1.54, 1.807) is 6.07 Å². The van der Waals surface area contributed by atoms with Gasteiger partial charge in [-0.05, 0) is 24.1 Å². The van der Waals surface area contributed by atoms with Gasteiger partial charge in [0.2, 0.25) is 0 Å². The molecule has 0 radical (unpaired) electrons. The molecule has 78 valence electrons. The largest absolute Gasteiger partial charge is 0.396 e. The third kappa shape index (κ3) is 1.50. The van der Waals surface area contributed by atoms with Gasteiger partial charge in [0.1, 0.15) is 5.82 Å². The lowest BCUT2D eigenvalue weighted by Crippen LogP contribution is -2.09. The number of rotatable bonds is 2. The van der Waals surface area contributed by atoms with Crippen LogP contribution in [0.15, 0.2) is 18.2 Å². The lowest BCUT2D eigenvalue weighted by Gasteiger charge is -2.08. The fourth-order valence-corrected chi connectivity index (χ4v) is 2.06. The number of nitrogens with zero attached hydrogens (tertiary/aromatic N) is 1. The number of benzene rings is 1. The maximum Gasteiger partial charge on any atom is 0.141 e. The van der Waals surface area contributed by atoms with Crippen LogP contribution in [0.25, 0.3) is 0 Å². The highest BCUT2D eigenvalue weighted by molar-refractivity contribution is 6.30. The number of halogens is 2. The molecule has 1 N–H and O–H groups in total. The maximum atomic E-state index is 12.9. The Hall–Kier alpha value is -1.11. The van der Waals surface area contributed by atoms with Gasteiger partial charge in [-0.15, -0.1) is 0 Å². The number of hydrogen-bond donors (Lipinski definition) is 1. The van der Waals surface area contributed by atoms with E-state index < -0.39 is 11.2 Å². The summed E-state index contributed by atoms with van der Waals surface area (Å²) in [6, 6.07) is 6.45. The summed E-state index contributed by atoms with van der Waals surface area (Å²) in [6.07, 6.45) is 0.613. The molecule has 1 saturated carbocycles. The van der Waals surface area contributed by atoms with Crippen LogP contribution >= 0.6 is 11.6 Å². The molecule has 0 aliphatic heterocycles. The minimum absolute atomic E-state index is 0.0192. The smallest absolute Gasteiger partial charge is 0.141 e. The minimum Gasteiger partial charge on any atom is -0.396 e. The first-order valence-corrected chi connectivity index (χ1v) is 4.99. The summed E-state index contributed by atoms with van der Waals surface area (Å²) in [5, 5.41) is 18.1. The van der Waals surface area contributed by atoms with E-state index in [1.165, 1.54) is 12.1 Å². The summed E-state index contributed by atoms with van der Waals surface area (Å²) in [4.78, 5) is 0. The lowest BCUT2D eigenvalue weighted by molar-refractivity contribution is 0.269. The molecule has 4 heteroatoms. The van der Waals surface area contributed by atoms with Gasteiger partial charge in [-0.25, -0.2) is 4.39 Å². The van der Waals surface area contributed by atoms with Crippen molar-refractivity contribution in [3.05, 3.63) is 34.6 Å². The fourth-order valence-electron chi connectivity index (χ4n) is 1.88. The monoisotopic (exact) mass is 225 g/mol. The molecule has 0 heterocycles. The van der Waals surface area contributed by atoms with Crippen LogP contribution in [0.3, 0.4) is 0 Å². The van der Waals surface area contributed by atoms with E-state index in [-0.39, 0.29) is 17.5 Å². The molecule has 2 atom stereocenters. The highest BCUT2D eigenvalue weighted by Gasteiger charge is 2.55. The Balaban J connectivity index is 2.39. The molecule has 0 saturated heterocycles. The van der Waals surface area contributed by atoms with Gasteiger partial charge < -0.3 is 5.11 Å². The standard InChI is InChI=1S/C11H9ClFNO/c12-9-3-7(1-2-10(9)13)11(6-14)4-8(11)5-15/h1-3,8,15H,4-5H2/t8-,11+/m0/s1. The molecule has 1 fully saturated rings. The van der Waals surface area contributed by atoms with E-state index in [9.17, 15) is 4.39 Å². The molecule has 0 spiro atoms. The van der Waals surface area contributed by atoms with E-state index in [0.717, 1.165) is 0 Å². The van der Waals surface area contributed by atoms with Crippen molar-refractivity contribution in [2.24, 2.45) is 5.92 Å². The predicted octanol–water partition coefficient (Wildman–Crippen LogP) is 2.25. The van der Waals surface area contributed by atoms with Crippen molar-refractivity contribution in [3.63, 3.8) is 0 Å². The average molecular weight is 226 g/mol. The molecule has 0 amide bonds. The SMILES string of the molecule is N#C[C@@]1(c2ccc(F)c(Cl)c2)C[C@H]1CO. The Morgan fingerprint density at radius 2 is 2.40 bits per heavy atom. The molecule has 1 aliphatic carbocycles. The predicted molar refractivity (Wildman–Crippen MR) is 53.9 cm³/mol. The van der Waals surface area contributed by atoms with Gasteiger partial charge in [-0.3, -0.25) is 0 Å². The van der Waals surface area contributed by atoms with Crippen molar-refractivity contribution in [2.75, 3.05) is 6.61 Å². The zero-order chi connectivity index (χ0) is 11.1. The molecule has 2 nitrogen and oxygen atoms in total. The second-order valence-corrected chi connectivity index (χ2v) is 4.20. The molecule has 0 aromatic heterocycles. The van der Waals surface area contributed by atoms with Crippen molar-refractivity contribution >= 4 is 11.6 Å². The fraction of sp³-hybridized carbons (Fsp3) is 0.364. The number of nitriles is 1. The van der Waals surface area contributed by atoms with E-state index in [4.69, 9.17) is 22.0 Å². The molecule has 1 aliphatic rings. The van der Waals surface area contributed by atoms with E-state index in [0.29, 0.717) is 12.0 Å². The van der Waals surface area contributed by atoms with E-state index >= 15 is 0 Å².